The van der Waals surface area contributed by atoms with Crippen molar-refractivity contribution in [1.29, 1.82) is 0 Å². The van der Waals surface area contributed by atoms with Crippen molar-refractivity contribution >= 4 is 11.8 Å². The summed E-state index contributed by atoms with van der Waals surface area (Å²) in [5.74, 6) is 1.59. The molecule has 1 aromatic carbocycles. The van der Waals surface area contributed by atoms with E-state index in [0.717, 1.165) is 29.9 Å². The van der Waals surface area contributed by atoms with Crippen molar-refractivity contribution in [3.05, 3.63) is 35.6 Å². The molecular weight excluding hydrogens is 199 g/mol. The number of hydrogen-bond acceptors (Lipinski definition) is 2. The number of aliphatic hydroxyl groups is 1. The van der Waals surface area contributed by atoms with Crippen molar-refractivity contribution in [2.45, 2.75) is 18.4 Å². The molecule has 1 aromatic rings. The summed E-state index contributed by atoms with van der Waals surface area (Å²) in [5.41, 5.74) is 0.0995. The minimum Gasteiger partial charge on any atom is -0.384 e. The molecule has 0 radical (unpaired) electrons. The molecule has 0 saturated carbocycles. The lowest BCUT2D eigenvalue weighted by atomic mass is 9.91. The van der Waals surface area contributed by atoms with Gasteiger partial charge in [0.25, 0.3) is 0 Å². The Bertz CT molecular complexity index is 304. The fourth-order valence-corrected chi connectivity index (χ4v) is 2.91. The first-order valence-corrected chi connectivity index (χ1v) is 5.92. The second-order valence-corrected chi connectivity index (χ2v) is 4.80. The van der Waals surface area contributed by atoms with Crippen molar-refractivity contribution in [2.75, 3.05) is 11.5 Å². The molecule has 1 saturated heterocycles. The van der Waals surface area contributed by atoms with Gasteiger partial charge in [0, 0.05) is 5.75 Å². The van der Waals surface area contributed by atoms with E-state index < -0.39 is 5.60 Å². The van der Waals surface area contributed by atoms with Gasteiger partial charge in [-0.05, 0) is 36.3 Å². The molecule has 0 aromatic heterocycles. The number of thioether (sulfide) groups is 1. The summed E-state index contributed by atoms with van der Waals surface area (Å²) in [6.07, 6.45) is 1.81. The predicted molar refractivity (Wildman–Crippen MR) is 56.9 cm³/mol. The highest BCUT2D eigenvalue weighted by Gasteiger charge is 2.31. The van der Waals surface area contributed by atoms with Gasteiger partial charge >= 0.3 is 0 Å². The average Bonchev–Trinajstić information content (AvgIpc) is 2.19. The van der Waals surface area contributed by atoms with Crippen LogP contribution in [-0.4, -0.2) is 16.6 Å². The lowest BCUT2D eigenvalue weighted by Gasteiger charge is -2.32. The fraction of sp³-hybridized carbons (Fsp3) is 0.455. The van der Waals surface area contributed by atoms with Crippen molar-refractivity contribution in [3.8, 4) is 0 Å². The van der Waals surface area contributed by atoms with Gasteiger partial charge in [0.15, 0.2) is 0 Å². The van der Waals surface area contributed by atoms with Crippen LogP contribution in [0, 0.1) is 5.82 Å². The first-order valence-electron chi connectivity index (χ1n) is 4.77. The average molecular weight is 212 g/mol. The van der Waals surface area contributed by atoms with Crippen LogP contribution in [0.3, 0.4) is 0 Å². The Morgan fingerprint density at radius 3 is 2.57 bits per heavy atom. The first kappa shape index (κ1) is 9.99. The summed E-state index contributed by atoms with van der Waals surface area (Å²) in [4.78, 5) is 0. The van der Waals surface area contributed by atoms with Crippen LogP contribution in [0.15, 0.2) is 24.3 Å². The highest BCUT2D eigenvalue weighted by molar-refractivity contribution is 7.99. The fourth-order valence-electron chi connectivity index (χ4n) is 1.77. The highest BCUT2D eigenvalue weighted by atomic mass is 32.2. The van der Waals surface area contributed by atoms with Gasteiger partial charge in [-0.3, -0.25) is 0 Å². The van der Waals surface area contributed by atoms with E-state index in [1.54, 1.807) is 23.9 Å². The highest BCUT2D eigenvalue weighted by Crippen LogP contribution is 2.35. The van der Waals surface area contributed by atoms with Crippen LogP contribution >= 0.6 is 11.8 Å². The molecule has 1 nitrogen and oxygen atoms in total. The molecule has 1 unspecified atom stereocenters. The predicted octanol–water partition coefficient (Wildman–Crippen LogP) is 2.54. The number of halogens is 1. The van der Waals surface area contributed by atoms with Gasteiger partial charge < -0.3 is 5.11 Å². The third-order valence-corrected chi connectivity index (χ3v) is 3.86. The van der Waals surface area contributed by atoms with Crippen LogP contribution in [0.4, 0.5) is 4.39 Å². The van der Waals surface area contributed by atoms with E-state index in [-0.39, 0.29) is 5.82 Å². The maximum Gasteiger partial charge on any atom is 0.123 e. The van der Waals surface area contributed by atoms with Gasteiger partial charge in [-0.1, -0.05) is 12.1 Å². The monoisotopic (exact) mass is 212 g/mol. The lowest BCUT2D eigenvalue weighted by Crippen LogP contribution is -2.31. The molecule has 76 valence electrons. The summed E-state index contributed by atoms with van der Waals surface area (Å²) in [6.45, 7) is 0. The third kappa shape index (κ3) is 1.93. The quantitative estimate of drug-likeness (QED) is 0.772. The summed E-state index contributed by atoms with van der Waals surface area (Å²) >= 11 is 1.76. The second-order valence-electron chi connectivity index (χ2n) is 3.69. The van der Waals surface area contributed by atoms with Crippen molar-refractivity contribution in [2.24, 2.45) is 0 Å². The number of rotatable bonds is 1. The van der Waals surface area contributed by atoms with Crippen molar-refractivity contribution in [3.63, 3.8) is 0 Å². The lowest BCUT2D eigenvalue weighted by molar-refractivity contribution is 0.0495. The first-order chi connectivity index (χ1) is 6.71. The molecule has 1 atom stereocenters. The largest absolute Gasteiger partial charge is 0.384 e. The van der Waals surface area contributed by atoms with Crippen LogP contribution in [0.2, 0.25) is 0 Å². The van der Waals surface area contributed by atoms with E-state index in [9.17, 15) is 9.50 Å². The van der Waals surface area contributed by atoms with Crippen LogP contribution < -0.4 is 0 Å². The third-order valence-electron chi connectivity index (χ3n) is 2.60. The van der Waals surface area contributed by atoms with Crippen molar-refractivity contribution in [1.82, 2.24) is 0 Å². The zero-order valence-electron chi connectivity index (χ0n) is 7.87. The number of hydrogen-bond donors (Lipinski definition) is 1. The van der Waals surface area contributed by atoms with Gasteiger partial charge in [-0.15, -0.1) is 0 Å². The van der Waals surface area contributed by atoms with E-state index in [2.05, 4.69) is 0 Å². The molecular formula is C11H13FOS. The van der Waals surface area contributed by atoms with Gasteiger partial charge in [-0.25, -0.2) is 4.39 Å². The standard InChI is InChI=1S/C11H13FOS/c12-10-4-2-9(3-5-10)11(13)6-1-7-14-8-11/h2-5,13H,1,6-8H2. The molecule has 3 heteroatoms. The maximum absolute atomic E-state index is 12.7. The van der Waals surface area contributed by atoms with Crippen molar-refractivity contribution < 1.29 is 9.50 Å². The Morgan fingerprint density at radius 1 is 1.29 bits per heavy atom. The summed E-state index contributed by atoms with van der Waals surface area (Å²) < 4.78 is 12.7. The van der Waals surface area contributed by atoms with Crippen LogP contribution in [0.1, 0.15) is 18.4 Å². The zero-order chi connectivity index (χ0) is 10.0. The van der Waals surface area contributed by atoms with Gasteiger partial charge in [0.1, 0.15) is 5.82 Å². The Labute approximate surface area is 87.3 Å². The topological polar surface area (TPSA) is 20.2 Å². The maximum atomic E-state index is 12.7. The molecule has 14 heavy (non-hydrogen) atoms. The molecule has 1 aliphatic heterocycles. The van der Waals surface area contributed by atoms with E-state index in [0.29, 0.717) is 0 Å². The molecule has 2 rings (SSSR count). The summed E-state index contributed by atoms with van der Waals surface area (Å²) in [6, 6.07) is 6.18. The summed E-state index contributed by atoms with van der Waals surface area (Å²) in [7, 11) is 0. The molecule has 0 amide bonds. The Morgan fingerprint density at radius 2 is 2.00 bits per heavy atom. The molecule has 0 aliphatic carbocycles. The zero-order valence-corrected chi connectivity index (χ0v) is 8.69. The Kier molecular flexibility index (Phi) is 2.79. The number of benzene rings is 1. The smallest absolute Gasteiger partial charge is 0.123 e. The van der Waals surface area contributed by atoms with E-state index in [1.807, 2.05) is 0 Å². The molecule has 1 aliphatic rings. The minimum absolute atomic E-state index is 0.249. The van der Waals surface area contributed by atoms with Crippen LogP contribution in [0.25, 0.3) is 0 Å². The Hall–Kier alpha value is -0.540. The van der Waals surface area contributed by atoms with E-state index in [4.69, 9.17) is 0 Å². The summed E-state index contributed by atoms with van der Waals surface area (Å²) in [5, 5.41) is 10.3. The van der Waals surface area contributed by atoms with Crippen LogP contribution in [0.5, 0.6) is 0 Å². The molecule has 1 heterocycles. The molecule has 1 fully saturated rings. The van der Waals surface area contributed by atoms with E-state index in [1.165, 1.54) is 12.1 Å². The van der Waals surface area contributed by atoms with Gasteiger partial charge in [0.05, 0.1) is 5.60 Å². The van der Waals surface area contributed by atoms with Gasteiger partial charge in [0.2, 0.25) is 0 Å². The molecule has 0 bridgehead atoms. The minimum atomic E-state index is -0.739. The Balaban J connectivity index is 2.23. The second kappa shape index (κ2) is 3.91. The van der Waals surface area contributed by atoms with Gasteiger partial charge in [-0.2, -0.15) is 11.8 Å². The molecule has 1 N–H and O–H groups in total. The SMILES string of the molecule is OC1(c2ccc(F)cc2)CCCSC1. The molecule has 0 spiro atoms. The van der Waals surface area contributed by atoms with Crippen LogP contribution in [-0.2, 0) is 5.60 Å². The van der Waals surface area contributed by atoms with E-state index >= 15 is 0 Å². The normalized spacial score (nSPS) is 27.6.